The third-order valence-electron chi connectivity index (χ3n) is 4.98. The van der Waals surface area contributed by atoms with Crippen LogP contribution >= 0.6 is 11.3 Å². The summed E-state index contributed by atoms with van der Waals surface area (Å²) in [5.41, 5.74) is 2.63. The second kappa shape index (κ2) is 8.02. The number of halogens is 1. The predicted molar refractivity (Wildman–Crippen MR) is 109 cm³/mol. The van der Waals surface area contributed by atoms with Crippen molar-refractivity contribution in [3.63, 3.8) is 0 Å². The molecule has 3 aromatic rings. The van der Waals surface area contributed by atoms with Crippen LogP contribution in [0.4, 0.5) is 10.1 Å². The Hall–Kier alpha value is -2.86. The molecule has 1 saturated carbocycles. The normalized spacial score (nSPS) is 14.8. The van der Waals surface area contributed by atoms with Crippen molar-refractivity contribution < 1.29 is 14.0 Å². The number of anilines is 1. The molecule has 1 heterocycles. The number of rotatable bonds is 4. The summed E-state index contributed by atoms with van der Waals surface area (Å²) in [6, 6.07) is 14.0. The standard InChI is InChI=1S/C22H19FN2O2S/c23-18-7-3-1-5-16(18)22-25-20(13-28-22)17-6-2-4-8-19(17)24-21(27)14-9-11-15(26)12-10-14/h1-8,13-14H,9-12H2,(H,24,27). The van der Waals surface area contributed by atoms with Crippen molar-refractivity contribution in [1.82, 2.24) is 4.98 Å². The van der Waals surface area contributed by atoms with E-state index < -0.39 is 0 Å². The molecule has 1 fully saturated rings. The monoisotopic (exact) mass is 394 g/mol. The fraction of sp³-hybridized carbons (Fsp3) is 0.227. The molecule has 4 nitrogen and oxygen atoms in total. The van der Waals surface area contributed by atoms with Gasteiger partial charge in [-0.2, -0.15) is 0 Å². The van der Waals surface area contributed by atoms with Crippen LogP contribution < -0.4 is 5.32 Å². The second-order valence-electron chi connectivity index (χ2n) is 6.87. The molecule has 0 saturated heterocycles. The molecule has 0 unspecified atom stereocenters. The number of Topliss-reactive ketones (excluding diaryl/α,β-unsaturated/α-hetero) is 1. The molecule has 1 amide bonds. The van der Waals surface area contributed by atoms with E-state index in [4.69, 9.17) is 0 Å². The van der Waals surface area contributed by atoms with Crippen molar-refractivity contribution in [2.45, 2.75) is 25.7 Å². The van der Waals surface area contributed by atoms with Gasteiger partial charge in [0.05, 0.1) is 11.4 Å². The molecule has 0 bridgehead atoms. The molecule has 1 aliphatic carbocycles. The van der Waals surface area contributed by atoms with Crippen LogP contribution in [-0.4, -0.2) is 16.7 Å². The minimum atomic E-state index is -0.308. The zero-order valence-electron chi connectivity index (χ0n) is 15.2. The lowest BCUT2D eigenvalue weighted by atomic mass is 9.88. The Morgan fingerprint density at radius 2 is 1.71 bits per heavy atom. The van der Waals surface area contributed by atoms with Crippen molar-refractivity contribution in [2.24, 2.45) is 5.92 Å². The van der Waals surface area contributed by atoms with Crippen LogP contribution in [0.5, 0.6) is 0 Å². The van der Waals surface area contributed by atoms with Crippen molar-refractivity contribution in [2.75, 3.05) is 5.32 Å². The Labute approximate surface area is 166 Å². The lowest BCUT2D eigenvalue weighted by Crippen LogP contribution is -2.27. The van der Waals surface area contributed by atoms with E-state index in [1.807, 2.05) is 29.6 Å². The maximum absolute atomic E-state index is 14.1. The van der Waals surface area contributed by atoms with E-state index in [1.54, 1.807) is 18.2 Å². The SMILES string of the molecule is O=C1CCC(C(=O)Nc2ccccc2-c2csc(-c3ccccc3F)n2)CC1. The van der Waals surface area contributed by atoms with Crippen LogP contribution in [-0.2, 0) is 9.59 Å². The average Bonchev–Trinajstić information content (AvgIpc) is 3.19. The number of aromatic nitrogens is 1. The first kappa shape index (κ1) is 18.5. The average molecular weight is 394 g/mol. The van der Waals surface area contributed by atoms with Gasteiger partial charge in [0.25, 0.3) is 0 Å². The lowest BCUT2D eigenvalue weighted by molar-refractivity contribution is -0.125. The first-order valence-corrected chi connectivity index (χ1v) is 10.1. The lowest BCUT2D eigenvalue weighted by Gasteiger charge is -2.20. The molecule has 0 spiro atoms. The van der Waals surface area contributed by atoms with Crippen molar-refractivity contribution in [3.8, 4) is 21.8 Å². The van der Waals surface area contributed by atoms with Crippen LogP contribution in [0.2, 0.25) is 0 Å². The summed E-state index contributed by atoms with van der Waals surface area (Å²) in [4.78, 5) is 28.6. The van der Waals surface area contributed by atoms with Crippen molar-refractivity contribution in [1.29, 1.82) is 0 Å². The highest BCUT2D eigenvalue weighted by molar-refractivity contribution is 7.13. The van der Waals surface area contributed by atoms with Gasteiger partial charge in [-0.3, -0.25) is 9.59 Å². The van der Waals surface area contributed by atoms with Gasteiger partial charge in [-0.1, -0.05) is 30.3 Å². The molecule has 6 heteroatoms. The molecule has 0 atom stereocenters. The second-order valence-corrected chi connectivity index (χ2v) is 7.72. The zero-order valence-corrected chi connectivity index (χ0v) is 16.0. The molecule has 28 heavy (non-hydrogen) atoms. The number of hydrogen-bond donors (Lipinski definition) is 1. The highest BCUT2D eigenvalue weighted by Gasteiger charge is 2.25. The molecule has 4 rings (SSSR count). The molecule has 0 aliphatic heterocycles. The number of carbonyl (C=O) groups is 2. The third-order valence-corrected chi connectivity index (χ3v) is 5.86. The van der Waals surface area contributed by atoms with Gasteiger partial charge in [-0.05, 0) is 31.0 Å². The van der Waals surface area contributed by atoms with E-state index in [0.29, 0.717) is 47.6 Å². The van der Waals surface area contributed by atoms with Gasteiger partial charge < -0.3 is 5.32 Å². The molecular weight excluding hydrogens is 375 g/mol. The number of nitrogens with one attached hydrogen (secondary N) is 1. The summed E-state index contributed by atoms with van der Waals surface area (Å²) in [5, 5.41) is 5.46. The first-order chi connectivity index (χ1) is 13.6. The van der Waals surface area contributed by atoms with Gasteiger partial charge >= 0.3 is 0 Å². The van der Waals surface area contributed by atoms with Crippen molar-refractivity contribution >= 4 is 28.7 Å². The van der Waals surface area contributed by atoms with Gasteiger partial charge in [0.15, 0.2) is 0 Å². The topological polar surface area (TPSA) is 59.1 Å². The van der Waals surface area contributed by atoms with E-state index in [-0.39, 0.29) is 23.4 Å². The minimum Gasteiger partial charge on any atom is -0.325 e. The molecule has 0 radical (unpaired) electrons. The Morgan fingerprint density at radius 3 is 2.46 bits per heavy atom. The van der Waals surface area contributed by atoms with Gasteiger partial charge in [0, 0.05) is 35.3 Å². The number of amides is 1. The molecule has 1 aromatic heterocycles. The summed E-state index contributed by atoms with van der Waals surface area (Å²) in [5.74, 6) is -0.288. The maximum atomic E-state index is 14.1. The number of thiazole rings is 1. The number of carbonyl (C=O) groups excluding carboxylic acids is 2. The van der Waals surface area contributed by atoms with E-state index in [2.05, 4.69) is 10.3 Å². The summed E-state index contributed by atoms with van der Waals surface area (Å²) in [6.07, 6.45) is 2.14. The number of nitrogens with zero attached hydrogens (tertiary/aromatic N) is 1. The molecule has 2 aromatic carbocycles. The number of ketones is 1. The fourth-order valence-electron chi connectivity index (χ4n) is 3.41. The van der Waals surface area contributed by atoms with Gasteiger partial charge in [-0.25, -0.2) is 9.37 Å². The fourth-order valence-corrected chi connectivity index (χ4v) is 4.25. The van der Waals surface area contributed by atoms with Crippen LogP contribution in [0.15, 0.2) is 53.9 Å². The van der Waals surface area contributed by atoms with Crippen molar-refractivity contribution in [3.05, 3.63) is 59.7 Å². The number of hydrogen-bond acceptors (Lipinski definition) is 4. The minimum absolute atomic E-state index is 0.0653. The molecule has 142 valence electrons. The third kappa shape index (κ3) is 3.87. The molecular formula is C22H19FN2O2S. The zero-order chi connectivity index (χ0) is 19.5. The number of para-hydroxylation sites is 1. The van der Waals surface area contributed by atoms with Gasteiger partial charge in [0.2, 0.25) is 5.91 Å². The van der Waals surface area contributed by atoms with Crippen LogP contribution in [0, 0.1) is 11.7 Å². The van der Waals surface area contributed by atoms with E-state index in [9.17, 15) is 14.0 Å². The van der Waals surface area contributed by atoms with E-state index in [0.717, 1.165) is 5.56 Å². The quantitative estimate of drug-likeness (QED) is 0.652. The molecule has 1 aliphatic rings. The predicted octanol–water partition coefficient (Wildman–Crippen LogP) is 5.31. The summed E-state index contributed by atoms with van der Waals surface area (Å²) < 4.78 is 14.1. The Bertz CT molecular complexity index is 1020. The Morgan fingerprint density at radius 1 is 1.04 bits per heavy atom. The van der Waals surface area contributed by atoms with Gasteiger partial charge in [0.1, 0.15) is 16.6 Å². The first-order valence-electron chi connectivity index (χ1n) is 9.24. The van der Waals surface area contributed by atoms with E-state index in [1.165, 1.54) is 17.4 Å². The van der Waals surface area contributed by atoms with E-state index >= 15 is 0 Å². The van der Waals surface area contributed by atoms with Crippen LogP contribution in [0.1, 0.15) is 25.7 Å². The van der Waals surface area contributed by atoms with Gasteiger partial charge in [-0.15, -0.1) is 11.3 Å². The highest BCUT2D eigenvalue weighted by Crippen LogP contribution is 2.34. The smallest absolute Gasteiger partial charge is 0.227 e. The highest BCUT2D eigenvalue weighted by atomic mass is 32.1. The number of benzene rings is 2. The Balaban J connectivity index is 1.58. The van der Waals surface area contributed by atoms with Crippen LogP contribution in [0.25, 0.3) is 21.8 Å². The largest absolute Gasteiger partial charge is 0.325 e. The summed E-state index contributed by atoms with van der Waals surface area (Å²) >= 11 is 1.37. The maximum Gasteiger partial charge on any atom is 0.227 e. The Kier molecular flexibility index (Phi) is 5.30. The molecule has 1 N–H and O–H groups in total. The summed E-state index contributed by atoms with van der Waals surface area (Å²) in [7, 11) is 0. The summed E-state index contributed by atoms with van der Waals surface area (Å²) in [6.45, 7) is 0. The van der Waals surface area contributed by atoms with Crippen LogP contribution in [0.3, 0.4) is 0 Å².